The molecule has 1 amide bonds. The normalized spacial score (nSPS) is 12.7. The molecule has 0 fully saturated rings. The molecule has 1 aromatic rings. The van der Waals surface area contributed by atoms with Crippen molar-refractivity contribution in [2.45, 2.75) is 45.7 Å². The smallest absolute Gasteiger partial charge is 0.234 e. The van der Waals surface area contributed by atoms with Gasteiger partial charge in [-0.3, -0.25) is 4.79 Å². The summed E-state index contributed by atoms with van der Waals surface area (Å²) in [7, 11) is 0. The van der Waals surface area contributed by atoms with Crippen molar-refractivity contribution in [3.63, 3.8) is 0 Å². The predicted molar refractivity (Wildman–Crippen MR) is 73.2 cm³/mol. The van der Waals surface area contributed by atoms with Crippen molar-refractivity contribution in [2.75, 3.05) is 6.54 Å². The third kappa shape index (κ3) is 4.88. The largest absolute Gasteiger partial charge is 0.352 e. The quantitative estimate of drug-likeness (QED) is 0.785. The standard InChI is InChI=1S/C13H22N2OS/c1-4-11(5-2)15-13(16)9-14-10(3)12-7-6-8-17-12/h6-8,10-11,14H,4-5,9H2,1-3H3,(H,15,16). The molecule has 0 radical (unpaired) electrons. The van der Waals surface area contributed by atoms with Crippen molar-refractivity contribution in [2.24, 2.45) is 0 Å². The van der Waals surface area contributed by atoms with E-state index >= 15 is 0 Å². The average Bonchev–Trinajstić information content (AvgIpc) is 2.86. The molecular formula is C13H22N2OS. The van der Waals surface area contributed by atoms with Gasteiger partial charge < -0.3 is 10.6 Å². The molecule has 1 unspecified atom stereocenters. The maximum absolute atomic E-state index is 11.7. The Hall–Kier alpha value is -0.870. The molecule has 2 N–H and O–H groups in total. The molecule has 0 saturated heterocycles. The molecule has 0 aliphatic carbocycles. The maximum atomic E-state index is 11.7. The van der Waals surface area contributed by atoms with Gasteiger partial charge in [0.2, 0.25) is 5.91 Å². The van der Waals surface area contributed by atoms with Crippen LogP contribution in [0.2, 0.25) is 0 Å². The molecule has 17 heavy (non-hydrogen) atoms. The first kappa shape index (κ1) is 14.2. The lowest BCUT2D eigenvalue weighted by molar-refractivity contribution is -0.121. The Morgan fingerprint density at radius 3 is 2.65 bits per heavy atom. The van der Waals surface area contributed by atoms with E-state index in [9.17, 15) is 4.79 Å². The summed E-state index contributed by atoms with van der Waals surface area (Å²) in [4.78, 5) is 12.9. The number of nitrogens with one attached hydrogen (secondary N) is 2. The second-order valence-corrected chi connectivity index (χ2v) is 5.18. The summed E-state index contributed by atoms with van der Waals surface area (Å²) in [6.45, 7) is 6.65. The Morgan fingerprint density at radius 2 is 2.12 bits per heavy atom. The van der Waals surface area contributed by atoms with Gasteiger partial charge in [-0.1, -0.05) is 19.9 Å². The lowest BCUT2D eigenvalue weighted by Gasteiger charge is -2.16. The summed E-state index contributed by atoms with van der Waals surface area (Å²) in [5.74, 6) is 0.0853. The maximum Gasteiger partial charge on any atom is 0.234 e. The van der Waals surface area contributed by atoms with E-state index in [1.165, 1.54) is 4.88 Å². The van der Waals surface area contributed by atoms with Gasteiger partial charge in [-0.25, -0.2) is 0 Å². The molecule has 4 heteroatoms. The molecular weight excluding hydrogens is 232 g/mol. The molecule has 1 atom stereocenters. The van der Waals surface area contributed by atoms with Crippen LogP contribution in [0, 0.1) is 0 Å². The van der Waals surface area contributed by atoms with Gasteiger partial charge in [0.05, 0.1) is 6.54 Å². The van der Waals surface area contributed by atoms with Gasteiger partial charge in [-0.05, 0) is 31.2 Å². The first-order chi connectivity index (χ1) is 8.17. The number of carbonyl (C=O) groups is 1. The topological polar surface area (TPSA) is 41.1 Å². The Labute approximate surface area is 108 Å². The minimum Gasteiger partial charge on any atom is -0.352 e. The van der Waals surface area contributed by atoms with E-state index in [4.69, 9.17) is 0 Å². The van der Waals surface area contributed by atoms with Crippen LogP contribution in [-0.4, -0.2) is 18.5 Å². The number of amides is 1. The number of rotatable bonds is 7. The lowest BCUT2D eigenvalue weighted by Crippen LogP contribution is -2.40. The molecule has 1 heterocycles. The van der Waals surface area contributed by atoms with E-state index in [1.807, 2.05) is 6.07 Å². The van der Waals surface area contributed by atoms with E-state index in [0.717, 1.165) is 12.8 Å². The second kappa shape index (κ2) is 7.45. The van der Waals surface area contributed by atoms with Crippen LogP contribution < -0.4 is 10.6 Å². The van der Waals surface area contributed by atoms with Gasteiger partial charge in [0.15, 0.2) is 0 Å². The van der Waals surface area contributed by atoms with Gasteiger partial charge in [-0.2, -0.15) is 0 Å². The molecule has 0 spiro atoms. The minimum absolute atomic E-state index is 0.0853. The van der Waals surface area contributed by atoms with Crippen LogP contribution in [0.3, 0.4) is 0 Å². The van der Waals surface area contributed by atoms with Gasteiger partial charge in [0, 0.05) is 17.0 Å². The molecule has 0 aromatic carbocycles. The van der Waals surface area contributed by atoms with Crippen LogP contribution in [0.1, 0.15) is 44.5 Å². The molecule has 0 saturated carbocycles. The van der Waals surface area contributed by atoms with Crippen molar-refractivity contribution in [1.82, 2.24) is 10.6 Å². The Morgan fingerprint density at radius 1 is 1.41 bits per heavy atom. The Balaban J connectivity index is 2.28. The first-order valence-electron chi connectivity index (χ1n) is 6.23. The highest BCUT2D eigenvalue weighted by Crippen LogP contribution is 2.17. The van der Waals surface area contributed by atoms with Crippen molar-refractivity contribution >= 4 is 17.2 Å². The van der Waals surface area contributed by atoms with E-state index in [0.29, 0.717) is 12.6 Å². The summed E-state index contributed by atoms with van der Waals surface area (Å²) in [5.41, 5.74) is 0. The van der Waals surface area contributed by atoms with Gasteiger partial charge in [0.25, 0.3) is 0 Å². The molecule has 0 aliphatic rings. The van der Waals surface area contributed by atoms with Crippen LogP contribution in [0.15, 0.2) is 17.5 Å². The molecule has 3 nitrogen and oxygen atoms in total. The minimum atomic E-state index is 0.0853. The third-order valence-electron chi connectivity index (χ3n) is 2.89. The van der Waals surface area contributed by atoms with Crippen LogP contribution in [0.25, 0.3) is 0 Å². The predicted octanol–water partition coefficient (Wildman–Crippen LogP) is 2.70. The van der Waals surface area contributed by atoms with Crippen LogP contribution in [0.4, 0.5) is 0 Å². The fraction of sp³-hybridized carbons (Fsp3) is 0.615. The lowest BCUT2D eigenvalue weighted by atomic mass is 10.2. The van der Waals surface area contributed by atoms with Crippen LogP contribution >= 0.6 is 11.3 Å². The number of thiophene rings is 1. The van der Waals surface area contributed by atoms with Crippen molar-refractivity contribution in [3.05, 3.63) is 22.4 Å². The first-order valence-corrected chi connectivity index (χ1v) is 7.11. The number of hydrogen-bond donors (Lipinski definition) is 2. The Bertz CT molecular complexity index is 320. The molecule has 1 rings (SSSR count). The summed E-state index contributed by atoms with van der Waals surface area (Å²) in [6.07, 6.45) is 1.98. The average molecular weight is 254 g/mol. The molecule has 1 aromatic heterocycles. The third-order valence-corrected chi connectivity index (χ3v) is 3.94. The van der Waals surface area contributed by atoms with Crippen molar-refractivity contribution in [3.8, 4) is 0 Å². The SMILES string of the molecule is CCC(CC)NC(=O)CNC(C)c1cccs1. The van der Waals surface area contributed by atoms with Crippen molar-refractivity contribution in [1.29, 1.82) is 0 Å². The molecule has 96 valence electrons. The highest BCUT2D eigenvalue weighted by Gasteiger charge is 2.10. The van der Waals surface area contributed by atoms with Gasteiger partial charge in [0.1, 0.15) is 0 Å². The van der Waals surface area contributed by atoms with E-state index in [1.54, 1.807) is 11.3 Å². The molecule has 0 aliphatic heterocycles. The van der Waals surface area contributed by atoms with Crippen LogP contribution in [0.5, 0.6) is 0 Å². The number of hydrogen-bond acceptors (Lipinski definition) is 3. The van der Waals surface area contributed by atoms with Gasteiger partial charge in [-0.15, -0.1) is 11.3 Å². The zero-order valence-electron chi connectivity index (χ0n) is 10.8. The monoisotopic (exact) mass is 254 g/mol. The van der Waals surface area contributed by atoms with Gasteiger partial charge >= 0.3 is 0 Å². The van der Waals surface area contributed by atoms with E-state index in [-0.39, 0.29) is 11.9 Å². The second-order valence-electron chi connectivity index (χ2n) is 4.20. The number of carbonyl (C=O) groups excluding carboxylic acids is 1. The molecule has 0 bridgehead atoms. The highest BCUT2D eigenvalue weighted by molar-refractivity contribution is 7.10. The fourth-order valence-corrected chi connectivity index (χ4v) is 2.41. The zero-order chi connectivity index (χ0) is 12.7. The summed E-state index contributed by atoms with van der Waals surface area (Å²) < 4.78 is 0. The van der Waals surface area contributed by atoms with Crippen LogP contribution in [-0.2, 0) is 4.79 Å². The summed E-state index contributed by atoms with van der Waals surface area (Å²) >= 11 is 1.71. The highest BCUT2D eigenvalue weighted by atomic mass is 32.1. The summed E-state index contributed by atoms with van der Waals surface area (Å²) in [6, 6.07) is 4.66. The van der Waals surface area contributed by atoms with Crippen molar-refractivity contribution < 1.29 is 4.79 Å². The Kier molecular flexibility index (Phi) is 6.22. The zero-order valence-corrected chi connectivity index (χ0v) is 11.6. The summed E-state index contributed by atoms with van der Waals surface area (Å²) in [5, 5.41) is 8.31. The van der Waals surface area contributed by atoms with E-state index < -0.39 is 0 Å². The fourth-order valence-electron chi connectivity index (χ4n) is 1.66. The van der Waals surface area contributed by atoms with E-state index in [2.05, 4.69) is 42.9 Å².